The number of aryl methyl sites for hydroxylation is 1. The number of benzene rings is 1. The highest BCUT2D eigenvalue weighted by Crippen LogP contribution is 2.28. The molecule has 1 amide bonds. The molecule has 0 unspecified atom stereocenters. The second kappa shape index (κ2) is 6.33. The SMILES string of the molecule is Cc1sc(-c2ccco2)nc1C(=O)Nc1cccc(-c2nnco2)c1. The van der Waals surface area contributed by atoms with Crippen LogP contribution >= 0.6 is 11.3 Å². The van der Waals surface area contributed by atoms with Gasteiger partial charge >= 0.3 is 0 Å². The minimum Gasteiger partial charge on any atom is -0.462 e. The lowest BCUT2D eigenvalue weighted by Crippen LogP contribution is -2.13. The molecule has 0 spiro atoms. The predicted octanol–water partition coefficient (Wildman–Crippen LogP) is 4.01. The van der Waals surface area contributed by atoms with Crippen molar-refractivity contribution < 1.29 is 13.6 Å². The Morgan fingerprint density at radius 3 is 2.88 bits per heavy atom. The summed E-state index contributed by atoms with van der Waals surface area (Å²) in [4.78, 5) is 17.8. The third-order valence-corrected chi connectivity index (χ3v) is 4.46. The van der Waals surface area contributed by atoms with Crippen molar-refractivity contribution in [3.63, 3.8) is 0 Å². The van der Waals surface area contributed by atoms with E-state index in [0.29, 0.717) is 28.0 Å². The smallest absolute Gasteiger partial charge is 0.275 e. The van der Waals surface area contributed by atoms with Crippen molar-refractivity contribution in [2.24, 2.45) is 0 Å². The number of aromatic nitrogens is 3. The maximum atomic E-state index is 12.6. The molecule has 0 fully saturated rings. The number of carbonyl (C=O) groups is 1. The van der Waals surface area contributed by atoms with Gasteiger partial charge in [0.2, 0.25) is 12.3 Å². The van der Waals surface area contributed by atoms with Crippen LogP contribution < -0.4 is 5.32 Å². The largest absolute Gasteiger partial charge is 0.462 e. The van der Waals surface area contributed by atoms with Gasteiger partial charge < -0.3 is 14.2 Å². The molecule has 25 heavy (non-hydrogen) atoms. The van der Waals surface area contributed by atoms with Crippen LogP contribution in [-0.2, 0) is 0 Å². The summed E-state index contributed by atoms with van der Waals surface area (Å²) in [6, 6.07) is 10.8. The van der Waals surface area contributed by atoms with Crippen LogP contribution in [0.3, 0.4) is 0 Å². The van der Waals surface area contributed by atoms with Gasteiger partial charge in [0, 0.05) is 16.1 Å². The van der Waals surface area contributed by atoms with E-state index in [1.807, 2.05) is 19.1 Å². The van der Waals surface area contributed by atoms with Crippen LogP contribution in [0.2, 0.25) is 0 Å². The summed E-state index contributed by atoms with van der Waals surface area (Å²) in [5, 5.41) is 11.0. The maximum Gasteiger partial charge on any atom is 0.275 e. The number of hydrogen-bond acceptors (Lipinski definition) is 7. The van der Waals surface area contributed by atoms with E-state index in [0.717, 1.165) is 10.4 Å². The molecule has 0 radical (unpaired) electrons. The lowest BCUT2D eigenvalue weighted by Gasteiger charge is -2.05. The Morgan fingerprint density at radius 2 is 2.12 bits per heavy atom. The first kappa shape index (κ1) is 15.3. The zero-order valence-corrected chi connectivity index (χ0v) is 13.9. The first-order valence-corrected chi connectivity index (χ1v) is 8.21. The fraction of sp³-hybridized carbons (Fsp3) is 0.0588. The number of thiazole rings is 1. The standard InChI is InChI=1S/C17H12N4O3S/c1-10-14(20-17(25-10)13-6-3-7-23-13)15(22)19-12-5-2-4-11(8-12)16-21-18-9-24-16/h2-9H,1H3,(H,19,22). The van der Waals surface area contributed by atoms with E-state index in [-0.39, 0.29) is 5.91 Å². The van der Waals surface area contributed by atoms with E-state index in [1.165, 1.54) is 17.7 Å². The third kappa shape index (κ3) is 3.07. The van der Waals surface area contributed by atoms with Crippen LogP contribution in [0.4, 0.5) is 5.69 Å². The number of anilines is 1. The lowest BCUT2D eigenvalue weighted by atomic mass is 10.2. The van der Waals surface area contributed by atoms with E-state index in [2.05, 4.69) is 20.5 Å². The first-order chi connectivity index (χ1) is 12.2. The Kier molecular flexibility index (Phi) is 3.87. The van der Waals surface area contributed by atoms with Gasteiger partial charge in [0.25, 0.3) is 5.91 Å². The molecule has 0 saturated heterocycles. The van der Waals surface area contributed by atoms with Gasteiger partial charge in [0.1, 0.15) is 5.69 Å². The average molecular weight is 352 g/mol. The molecule has 0 bridgehead atoms. The summed E-state index contributed by atoms with van der Waals surface area (Å²) in [7, 11) is 0. The quantitative estimate of drug-likeness (QED) is 0.596. The summed E-state index contributed by atoms with van der Waals surface area (Å²) < 4.78 is 10.5. The van der Waals surface area contributed by atoms with Crippen LogP contribution in [0.15, 0.2) is 57.9 Å². The van der Waals surface area contributed by atoms with Gasteiger partial charge in [-0.3, -0.25) is 4.79 Å². The van der Waals surface area contributed by atoms with Gasteiger partial charge in [-0.25, -0.2) is 4.98 Å². The van der Waals surface area contributed by atoms with Gasteiger partial charge in [-0.2, -0.15) is 0 Å². The number of nitrogens with one attached hydrogen (secondary N) is 1. The molecule has 4 rings (SSSR count). The predicted molar refractivity (Wildman–Crippen MR) is 92.2 cm³/mol. The molecule has 124 valence electrons. The van der Waals surface area contributed by atoms with Gasteiger partial charge in [-0.15, -0.1) is 21.5 Å². The van der Waals surface area contributed by atoms with Crippen LogP contribution in [-0.4, -0.2) is 21.1 Å². The van der Waals surface area contributed by atoms with Crippen LogP contribution in [0.1, 0.15) is 15.4 Å². The molecule has 0 aliphatic heterocycles. The zero-order valence-electron chi connectivity index (χ0n) is 13.1. The van der Waals surface area contributed by atoms with Crippen molar-refractivity contribution in [1.82, 2.24) is 15.2 Å². The molecule has 0 atom stereocenters. The fourth-order valence-corrected chi connectivity index (χ4v) is 3.21. The van der Waals surface area contributed by atoms with Crippen molar-refractivity contribution >= 4 is 22.9 Å². The number of rotatable bonds is 4. The highest BCUT2D eigenvalue weighted by atomic mass is 32.1. The molecule has 0 aliphatic rings. The Morgan fingerprint density at radius 1 is 1.20 bits per heavy atom. The second-order valence-corrected chi connectivity index (χ2v) is 6.38. The van der Waals surface area contributed by atoms with E-state index >= 15 is 0 Å². The highest BCUT2D eigenvalue weighted by molar-refractivity contribution is 7.15. The van der Waals surface area contributed by atoms with E-state index in [9.17, 15) is 4.79 Å². The van der Waals surface area contributed by atoms with Gasteiger partial charge in [-0.1, -0.05) is 6.07 Å². The lowest BCUT2D eigenvalue weighted by molar-refractivity contribution is 0.102. The van der Waals surface area contributed by atoms with Crippen molar-refractivity contribution in [3.05, 3.63) is 59.6 Å². The molecule has 7 nitrogen and oxygen atoms in total. The van der Waals surface area contributed by atoms with Crippen molar-refractivity contribution in [3.8, 4) is 22.2 Å². The number of nitrogens with zero attached hydrogens (tertiary/aromatic N) is 3. The maximum absolute atomic E-state index is 12.6. The topological polar surface area (TPSA) is 94.1 Å². The van der Waals surface area contributed by atoms with Gasteiger partial charge in [0.15, 0.2) is 10.8 Å². The first-order valence-electron chi connectivity index (χ1n) is 7.40. The summed E-state index contributed by atoms with van der Waals surface area (Å²) in [5.74, 6) is 0.751. The minimum absolute atomic E-state index is 0.283. The minimum atomic E-state index is -0.283. The zero-order chi connectivity index (χ0) is 17.2. The molecule has 0 aliphatic carbocycles. The van der Waals surface area contributed by atoms with Crippen LogP contribution in [0.25, 0.3) is 22.2 Å². The average Bonchev–Trinajstić information content (AvgIpc) is 3.36. The number of hydrogen-bond donors (Lipinski definition) is 1. The molecule has 1 N–H and O–H groups in total. The Balaban J connectivity index is 1.58. The summed E-state index contributed by atoms with van der Waals surface area (Å²) in [5.41, 5.74) is 1.72. The van der Waals surface area contributed by atoms with E-state index < -0.39 is 0 Å². The molecular weight excluding hydrogens is 340 g/mol. The number of carbonyl (C=O) groups excluding carboxylic acids is 1. The third-order valence-electron chi connectivity index (χ3n) is 3.47. The highest BCUT2D eigenvalue weighted by Gasteiger charge is 2.18. The van der Waals surface area contributed by atoms with E-state index in [1.54, 1.807) is 30.5 Å². The molecule has 0 saturated carbocycles. The molecule has 3 aromatic heterocycles. The Labute approximate surface area is 146 Å². The Hall–Kier alpha value is -3.26. The fourth-order valence-electron chi connectivity index (χ4n) is 2.33. The second-order valence-electron chi connectivity index (χ2n) is 5.18. The van der Waals surface area contributed by atoms with Crippen molar-refractivity contribution in [2.75, 3.05) is 5.32 Å². The number of amides is 1. The Bertz CT molecular complexity index is 1010. The van der Waals surface area contributed by atoms with Crippen molar-refractivity contribution in [2.45, 2.75) is 6.92 Å². The molecule has 3 heterocycles. The van der Waals surface area contributed by atoms with Crippen LogP contribution in [0.5, 0.6) is 0 Å². The molecule has 8 heteroatoms. The molecule has 1 aromatic carbocycles. The van der Waals surface area contributed by atoms with Gasteiger partial charge in [-0.05, 0) is 37.3 Å². The summed E-state index contributed by atoms with van der Waals surface area (Å²) in [6.07, 6.45) is 2.84. The molecular formula is C17H12N4O3S. The van der Waals surface area contributed by atoms with Crippen LogP contribution in [0, 0.1) is 6.92 Å². The van der Waals surface area contributed by atoms with Gasteiger partial charge in [0.05, 0.1) is 6.26 Å². The number of furan rings is 1. The monoisotopic (exact) mass is 352 g/mol. The summed E-state index contributed by atoms with van der Waals surface area (Å²) in [6.45, 7) is 1.86. The normalized spacial score (nSPS) is 10.8. The van der Waals surface area contributed by atoms with E-state index in [4.69, 9.17) is 8.83 Å². The summed E-state index contributed by atoms with van der Waals surface area (Å²) >= 11 is 1.41. The van der Waals surface area contributed by atoms with Crippen molar-refractivity contribution in [1.29, 1.82) is 0 Å². The molecule has 4 aromatic rings.